The Morgan fingerprint density at radius 3 is 2.80 bits per heavy atom. The van der Waals surface area contributed by atoms with Crippen LogP contribution in [0.3, 0.4) is 0 Å². The molecule has 2 rings (SSSR count). The molecule has 0 saturated carbocycles. The molecule has 20 heavy (non-hydrogen) atoms. The molecule has 0 fully saturated rings. The average molecular weight is 333 g/mol. The van der Waals surface area contributed by atoms with Crippen LogP contribution in [0.15, 0.2) is 22.7 Å². The summed E-state index contributed by atoms with van der Waals surface area (Å²) in [6, 6.07) is 8.08. The number of anilines is 1. The second-order valence-electron chi connectivity index (χ2n) is 4.62. The molecule has 1 heterocycles. The van der Waals surface area contributed by atoms with E-state index in [4.69, 9.17) is 0 Å². The van der Waals surface area contributed by atoms with E-state index in [1.54, 1.807) is 0 Å². The normalized spacial score (nSPS) is 10.3. The second-order valence-corrected chi connectivity index (χ2v) is 5.42. The van der Waals surface area contributed by atoms with E-state index in [2.05, 4.69) is 39.3 Å². The average Bonchev–Trinajstić information content (AvgIpc) is 2.72. The molecular formula is C15H17BrN4. The third kappa shape index (κ3) is 2.70. The largest absolute Gasteiger partial charge is 0.378 e. The molecule has 0 atom stereocenters. The van der Waals surface area contributed by atoms with Gasteiger partial charge in [0.2, 0.25) is 0 Å². The second kappa shape index (κ2) is 6.10. The van der Waals surface area contributed by atoms with Crippen LogP contribution in [-0.2, 0) is 13.1 Å². The van der Waals surface area contributed by atoms with Crippen molar-refractivity contribution in [1.29, 1.82) is 5.26 Å². The first-order chi connectivity index (χ1) is 9.58. The van der Waals surface area contributed by atoms with Crippen molar-refractivity contribution in [1.82, 2.24) is 9.78 Å². The van der Waals surface area contributed by atoms with Gasteiger partial charge >= 0.3 is 0 Å². The third-order valence-corrected chi connectivity index (χ3v) is 4.32. The number of hydrogen-bond donors (Lipinski definition) is 1. The smallest absolute Gasteiger partial charge is 0.102 e. The minimum atomic E-state index is 0.632. The summed E-state index contributed by atoms with van der Waals surface area (Å²) < 4.78 is 2.99. The Morgan fingerprint density at radius 1 is 1.40 bits per heavy atom. The van der Waals surface area contributed by atoms with Crippen LogP contribution in [0.2, 0.25) is 0 Å². The van der Waals surface area contributed by atoms with Gasteiger partial charge < -0.3 is 5.32 Å². The molecule has 104 valence electrons. The highest BCUT2D eigenvalue weighted by Crippen LogP contribution is 2.24. The Bertz CT molecular complexity index is 667. The molecule has 0 unspecified atom stereocenters. The molecule has 1 N–H and O–H groups in total. The summed E-state index contributed by atoms with van der Waals surface area (Å²) in [5, 5.41) is 17.0. The van der Waals surface area contributed by atoms with Crippen molar-refractivity contribution < 1.29 is 0 Å². The van der Waals surface area contributed by atoms with Crippen molar-refractivity contribution in [2.45, 2.75) is 33.9 Å². The molecule has 4 nitrogen and oxygen atoms in total. The van der Waals surface area contributed by atoms with Gasteiger partial charge in [-0.2, -0.15) is 10.4 Å². The zero-order chi connectivity index (χ0) is 14.7. The van der Waals surface area contributed by atoms with Gasteiger partial charge in [-0.3, -0.25) is 4.68 Å². The Kier molecular flexibility index (Phi) is 4.46. The Hall–Kier alpha value is -1.80. The SMILES string of the molecule is CCn1nc(C)c(Br)c1CNc1cccc(C)c1C#N. The summed E-state index contributed by atoms with van der Waals surface area (Å²) in [6.07, 6.45) is 0. The van der Waals surface area contributed by atoms with Crippen molar-refractivity contribution >= 4 is 21.6 Å². The van der Waals surface area contributed by atoms with E-state index in [0.29, 0.717) is 12.1 Å². The number of rotatable bonds is 4. The molecule has 0 bridgehead atoms. The quantitative estimate of drug-likeness (QED) is 0.927. The van der Waals surface area contributed by atoms with Gasteiger partial charge in [0.05, 0.1) is 33.7 Å². The molecule has 2 aromatic rings. The lowest BCUT2D eigenvalue weighted by atomic mass is 10.1. The summed E-state index contributed by atoms with van der Waals surface area (Å²) in [5.74, 6) is 0. The van der Waals surface area contributed by atoms with Crippen LogP contribution in [0.1, 0.15) is 29.4 Å². The van der Waals surface area contributed by atoms with Gasteiger partial charge in [0.25, 0.3) is 0 Å². The number of nitrogens with one attached hydrogen (secondary N) is 1. The van der Waals surface area contributed by atoms with Crippen molar-refractivity contribution in [2.24, 2.45) is 0 Å². The van der Waals surface area contributed by atoms with E-state index in [0.717, 1.165) is 33.7 Å². The van der Waals surface area contributed by atoms with Crippen LogP contribution in [0, 0.1) is 25.2 Å². The molecule has 0 spiro atoms. The highest BCUT2D eigenvalue weighted by molar-refractivity contribution is 9.10. The Labute approximate surface area is 127 Å². The first-order valence-corrected chi connectivity index (χ1v) is 7.33. The fourth-order valence-corrected chi connectivity index (χ4v) is 2.60. The fourth-order valence-electron chi connectivity index (χ4n) is 2.18. The summed E-state index contributed by atoms with van der Waals surface area (Å²) in [6.45, 7) is 7.44. The molecule has 0 amide bonds. The topological polar surface area (TPSA) is 53.6 Å². The molecule has 0 aliphatic rings. The molecule has 0 aliphatic carbocycles. The Morgan fingerprint density at radius 2 is 2.15 bits per heavy atom. The van der Waals surface area contributed by atoms with Crippen LogP contribution in [-0.4, -0.2) is 9.78 Å². The summed E-state index contributed by atoms with van der Waals surface area (Å²) in [4.78, 5) is 0. The number of nitriles is 1. The number of benzene rings is 1. The van der Waals surface area contributed by atoms with Crippen molar-refractivity contribution in [3.05, 3.63) is 45.2 Å². The fraction of sp³-hybridized carbons (Fsp3) is 0.333. The number of nitrogens with zero attached hydrogens (tertiary/aromatic N) is 3. The zero-order valence-electron chi connectivity index (χ0n) is 11.9. The van der Waals surface area contributed by atoms with E-state index in [9.17, 15) is 5.26 Å². The predicted octanol–water partition coefficient (Wildman–Crippen LogP) is 3.77. The van der Waals surface area contributed by atoms with Crippen LogP contribution in [0.5, 0.6) is 0 Å². The molecule has 5 heteroatoms. The zero-order valence-corrected chi connectivity index (χ0v) is 13.5. The highest BCUT2D eigenvalue weighted by Gasteiger charge is 2.12. The molecular weight excluding hydrogens is 316 g/mol. The monoisotopic (exact) mass is 332 g/mol. The number of halogens is 1. The minimum absolute atomic E-state index is 0.632. The lowest BCUT2D eigenvalue weighted by Crippen LogP contribution is -2.09. The van der Waals surface area contributed by atoms with Crippen LogP contribution < -0.4 is 5.32 Å². The number of hydrogen-bond acceptors (Lipinski definition) is 3. The van der Waals surface area contributed by atoms with E-state index < -0.39 is 0 Å². The summed E-state index contributed by atoms with van der Waals surface area (Å²) >= 11 is 3.58. The van der Waals surface area contributed by atoms with Gasteiger partial charge in [0, 0.05) is 6.54 Å². The molecule has 0 aliphatic heterocycles. The first kappa shape index (κ1) is 14.6. The minimum Gasteiger partial charge on any atom is -0.378 e. The number of aromatic nitrogens is 2. The molecule has 0 saturated heterocycles. The van der Waals surface area contributed by atoms with Crippen molar-refractivity contribution in [3.63, 3.8) is 0 Å². The first-order valence-electron chi connectivity index (χ1n) is 6.53. The lowest BCUT2D eigenvalue weighted by Gasteiger charge is -2.11. The van der Waals surface area contributed by atoms with Gasteiger partial charge in [-0.15, -0.1) is 0 Å². The lowest BCUT2D eigenvalue weighted by molar-refractivity contribution is 0.622. The van der Waals surface area contributed by atoms with Gasteiger partial charge in [0.1, 0.15) is 6.07 Å². The van der Waals surface area contributed by atoms with Crippen LogP contribution in [0.25, 0.3) is 0 Å². The van der Waals surface area contributed by atoms with E-state index in [1.165, 1.54) is 0 Å². The van der Waals surface area contributed by atoms with Crippen LogP contribution in [0.4, 0.5) is 5.69 Å². The van der Waals surface area contributed by atoms with Crippen molar-refractivity contribution in [3.8, 4) is 6.07 Å². The maximum Gasteiger partial charge on any atom is 0.102 e. The molecule has 1 aromatic heterocycles. The van der Waals surface area contributed by atoms with E-state index in [-0.39, 0.29) is 0 Å². The maximum atomic E-state index is 9.24. The van der Waals surface area contributed by atoms with E-state index in [1.807, 2.05) is 36.7 Å². The third-order valence-electron chi connectivity index (χ3n) is 3.28. The van der Waals surface area contributed by atoms with Crippen molar-refractivity contribution in [2.75, 3.05) is 5.32 Å². The maximum absolute atomic E-state index is 9.24. The number of aryl methyl sites for hydroxylation is 3. The standard InChI is InChI=1S/C15H17BrN4/c1-4-20-14(15(16)11(3)19-20)9-18-13-7-5-6-10(2)12(13)8-17/h5-7,18H,4,9H2,1-3H3. The van der Waals surface area contributed by atoms with Crippen LogP contribution >= 0.6 is 15.9 Å². The van der Waals surface area contributed by atoms with Gasteiger partial charge in [0.15, 0.2) is 0 Å². The Balaban J connectivity index is 2.26. The summed E-state index contributed by atoms with van der Waals surface area (Å²) in [7, 11) is 0. The van der Waals surface area contributed by atoms with Gasteiger partial charge in [-0.05, 0) is 48.3 Å². The van der Waals surface area contributed by atoms with E-state index >= 15 is 0 Å². The predicted molar refractivity (Wildman–Crippen MR) is 83.6 cm³/mol. The van der Waals surface area contributed by atoms with Gasteiger partial charge in [-0.25, -0.2) is 0 Å². The molecule has 1 aromatic carbocycles. The molecule has 0 radical (unpaired) electrons. The van der Waals surface area contributed by atoms with Gasteiger partial charge in [-0.1, -0.05) is 12.1 Å². The summed E-state index contributed by atoms with van der Waals surface area (Å²) in [5.41, 5.74) is 4.62. The highest BCUT2D eigenvalue weighted by atomic mass is 79.9.